The Bertz CT molecular complexity index is 538. The zero-order chi connectivity index (χ0) is 10.1. The van der Waals surface area contributed by atoms with Crippen molar-refractivity contribution >= 4 is 10.8 Å². The van der Waals surface area contributed by atoms with E-state index in [1.165, 1.54) is 12.1 Å². The topological polar surface area (TPSA) is 20.2 Å². The lowest BCUT2D eigenvalue weighted by molar-refractivity contribution is 0.434. The highest BCUT2D eigenvalue weighted by Crippen LogP contribution is 2.25. The highest BCUT2D eigenvalue weighted by Gasteiger charge is 2.04. The molecule has 2 heteroatoms. The number of fused-ring (bicyclic) bond motifs is 1. The molecule has 0 heterocycles. The van der Waals surface area contributed by atoms with Crippen molar-refractivity contribution in [2.24, 2.45) is 0 Å². The Morgan fingerprint density at radius 3 is 2.79 bits per heavy atom. The van der Waals surface area contributed by atoms with Gasteiger partial charge in [0, 0.05) is 10.9 Å². The van der Waals surface area contributed by atoms with Crippen molar-refractivity contribution in [3.05, 3.63) is 41.7 Å². The summed E-state index contributed by atoms with van der Waals surface area (Å²) < 4.78 is 13.0. The third-order valence-corrected chi connectivity index (χ3v) is 2.10. The van der Waals surface area contributed by atoms with Crippen LogP contribution in [-0.2, 0) is 0 Å². The minimum atomic E-state index is -0.653. The normalized spacial score (nSPS) is 10.0. The lowest BCUT2D eigenvalue weighted by Crippen LogP contribution is -1.82. The number of terminal acetylenes is 1. The van der Waals surface area contributed by atoms with Gasteiger partial charge in [-0.25, -0.2) is 4.39 Å². The van der Waals surface area contributed by atoms with E-state index in [1.807, 2.05) is 0 Å². The van der Waals surface area contributed by atoms with Gasteiger partial charge in [0.25, 0.3) is 0 Å². The van der Waals surface area contributed by atoms with E-state index in [1.54, 1.807) is 18.2 Å². The van der Waals surface area contributed by atoms with E-state index in [-0.39, 0.29) is 5.75 Å². The van der Waals surface area contributed by atoms with Gasteiger partial charge in [0.15, 0.2) is 11.6 Å². The molecule has 0 bridgehead atoms. The third-order valence-electron chi connectivity index (χ3n) is 2.10. The van der Waals surface area contributed by atoms with Crippen LogP contribution in [0.25, 0.3) is 10.8 Å². The summed E-state index contributed by atoms with van der Waals surface area (Å²) in [5.74, 6) is 1.46. The first-order valence-corrected chi connectivity index (χ1v) is 4.10. The van der Waals surface area contributed by atoms with Gasteiger partial charge in [-0.3, -0.25) is 0 Å². The molecule has 0 fully saturated rings. The summed E-state index contributed by atoms with van der Waals surface area (Å²) in [6.07, 6.45) is 5.27. The van der Waals surface area contributed by atoms with Crippen LogP contribution >= 0.6 is 0 Å². The first-order chi connectivity index (χ1) is 6.72. The van der Waals surface area contributed by atoms with Crippen LogP contribution in [0.15, 0.2) is 30.3 Å². The van der Waals surface area contributed by atoms with Crippen LogP contribution in [0.2, 0.25) is 0 Å². The molecular formula is C12H7FO. The first-order valence-electron chi connectivity index (χ1n) is 4.10. The minimum Gasteiger partial charge on any atom is -0.505 e. The molecule has 0 aliphatic rings. The van der Waals surface area contributed by atoms with Crippen molar-refractivity contribution in [2.45, 2.75) is 0 Å². The van der Waals surface area contributed by atoms with Gasteiger partial charge in [0.1, 0.15) is 0 Å². The fraction of sp³-hybridized carbons (Fsp3) is 0. The molecule has 2 aromatic rings. The van der Waals surface area contributed by atoms with Gasteiger partial charge in [-0.1, -0.05) is 18.1 Å². The van der Waals surface area contributed by atoms with E-state index in [4.69, 9.17) is 11.5 Å². The molecule has 0 aliphatic heterocycles. The predicted molar refractivity (Wildman–Crippen MR) is 53.5 cm³/mol. The maximum Gasteiger partial charge on any atom is 0.165 e. The fourth-order valence-corrected chi connectivity index (χ4v) is 1.41. The molecule has 0 unspecified atom stereocenters. The van der Waals surface area contributed by atoms with Crippen LogP contribution in [-0.4, -0.2) is 5.11 Å². The Labute approximate surface area is 80.8 Å². The summed E-state index contributed by atoms with van der Waals surface area (Å²) in [5.41, 5.74) is 0.626. The van der Waals surface area contributed by atoms with Gasteiger partial charge in [-0.15, -0.1) is 6.42 Å². The van der Waals surface area contributed by atoms with Crippen molar-refractivity contribution in [3.8, 4) is 18.1 Å². The quantitative estimate of drug-likeness (QED) is 0.627. The van der Waals surface area contributed by atoms with Gasteiger partial charge in [-0.05, 0) is 23.6 Å². The Morgan fingerprint density at radius 1 is 1.29 bits per heavy atom. The van der Waals surface area contributed by atoms with Crippen LogP contribution in [0.4, 0.5) is 4.39 Å². The Morgan fingerprint density at radius 2 is 2.07 bits per heavy atom. The van der Waals surface area contributed by atoms with Crippen molar-refractivity contribution in [1.29, 1.82) is 0 Å². The summed E-state index contributed by atoms with van der Waals surface area (Å²) in [6, 6.07) is 7.90. The van der Waals surface area contributed by atoms with Crippen molar-refractivity contribution < 1.29 is 9.50 Å². The highest BCUT2D eigenvalue weighted by molar-refractivity contribution is 5.89. The van der Waals surface area contributed by atoms with E-state index in [9.17, 15) is 4.39 Å². The maximum absolute atomic E-state index is 13.0. The second-order valence-electron chi connectivity index (χ2n) is 2.97. The smallest absolute Gasteiger partial charge is 0.165 e. The van der Waals surface area contributed by atoms with Gasteiger partial charge in [0.05, 0.1) is 0 Å². The number of halogens is 1. The van der Waals surface area contributed by atoms with Crippen molar-refractivity contribution in [2.75, 3.05) is 0 Å². The van der Waals surface area contributed by atoms with E-state index < -0.39 is 5.82 Å². The molecule has 0 radical (unpaired) electrons. The number of aromatic hydroxyl groups is 1. The summed E-state index contributed by atoms with van der Waals surface area (Å²) in [5, 5.41) is 10.5. The molecule has 1 N–H and O–H groups in total. The maximum atomic E-state index is 13.0. The predicted octanol–water partition coefficient (Wildman–Crippen LogP) is 2.67. The Hall–Kier alpha value is -2.01. The molecule has 0 saturated carbocycles. The van der Waals surface area contributed by atoms with E-state index in [0.717, 1.165) is 5.39 Å². The zero-order valence-electron chi connectivity index (χ0n) is 7.29. The monoisotopic (exact) mass is 186 g/mol. The second-order valence-corrected chi connectivity index (χ2v) is 2.97. The lowest BCUT2D eigenvalue weighted by Gasteiger charge is -2.02. The van der Waals surface area contributed by atoms with E-state index in [0.29, 0.717) is 10.9 Å². The highest BCUT2D eigenvalue weighted by atomic mass is 19.1. The molecule has 2 rings (SSSR count). The van der Waals surface area contributed by atoms with Crippen molar-refractivity contribution in [1.82, 2.24) is 0 Å². The molecule has 14 heavy (non-hydrogen) atoms. The van der Waals surface area contributed by atoms with Gasteiger partial charge in [-0.2, -0.15) is 0 Å². The van der Waals surface area contributed by atoms with Gasteiger partial charge < -0.3 is 5.11 Å². The van der Waals surface area contributed by atoms with E-state index >= 15 is 0 Å². The average molecular weight is 186 g/mol. The third kappa shape index (κ3) is 1.20. The largest absolute Gasteiger partial charge is 0.505 e. The zero-order valence-corrected chi connectivity index (χ0v) is 7.29. The SMILES string of the molecule is C#Cc1cccc2cc(O)c(F)cc12. The number of phenols is 1. The first kappa shape index (κ1) is 8.58. The molecule has 0 spiro atoms. The fourth-order valence-electron chi connectivity index (χ4n) is 1.41. The standard InChI is InChI=1S/C12H7FO/c1-2-8-4-3-5-9-6-12(14)11(13)7-10(8)9/h1,3-7,14H. The van der Waals surface area contributed by atoms with Crippen LogP contribution < -0.4 is 0 Å². The molecule has 1 nitrogen and oxygen atoms in total. The Kier molecular flexibility index (Phi) is 1.86. The van der Waals surface area contributed by atoms with Crippen LogP contribution in [0.1, 0.15) is 5.56 Å². The number of hydrogen-bond acceptors (Lipinski definition) is 1. The number of hydrogen-bond donors (Lipinski definition) is 1. The Balaban J connectivity index is 2.90. The van der Waals surface area contributed by atoms with Crippen LogP contribution in [0.5, 0.6) is 5.75 Å². The van der Waals surface area contributed by atoms with Crippen molar-refractivity contribution in [3.63, 3.8) is 0 Å². The molecular weight excluding hydrogens is 179 g/mol. The molecule has 0 atom stereocenters. The lowest BCUT2D eigenvalue weighted by atomic mass is 10.0. The van der Waals surface area contributed by atoms with Crippen LogP contribution in [0.3, 0.4) is 0 Å². The number of phenolic OH excluding ortho intramolecular Hbond substituents is 1. The second kappa shape index (κ2) is 3.04. The molecule has 0 aliphatic carbocycles. The van der Waals surface area contributed by atoms with Gasteiger partial charge >= 0.3 is 0 Å². The van der Waals surface area contributed by atoms with Crippen LogP contribution in [0, 0.1) is 18.2 Å². The minimum absolute atomic E-state index is 0.355. The molecule has 68 valence electrons. The summed E-state index contributed by atoms with van der Waals surface area (Å²) >= 11 is 0. The molecule has 2 aromatic carbocycles. The van der Waals surface area contributed by atoms with Gasteiger partial charge in [0.2, 0.25) is 0 Å². The summed E-state index contributed by atoms with van der Waals surface area (Å²) in [7, 11) is 0. The van der Waals surface area contributed by atoms with E-state index in [2.05, 4.69) is 5.92 Å². The summed E-state index contributed by atoms with van der Waals surface area (Å²) in [4.78, 5) is 0. The number of benzene rings is 2. The average Bonchev–Trinajstić information content (AvgIpc) is 2.19. The number of rotatable bonds is 0. The molecule has 0 amide bonds. The molecule has 0 saturated heterocycles. The summed E-state index contributed by atoms with van der Waals surface area (Å²) in [6.45, 7) is 0. The molecule has 0 aromatic heterocycles.